The van der Waals surface area contributed by atoms with E-state index in [4.69, 9.17) is 42.6 Å². The Morgan fingerprint density at radius 1 is 0.500 bits per heavy atom. The average molecular weight is 970 g/mol. The van der Waals surface area contributed by atoms with Crippen LogP contribution in [-0.2, 0) is 73.7 Å². The number of benzene rings is 7. The van der Waals surface area contributed by atoms with Gasteiger partial charge in [-0.2, -0.15) is 0 Å². The van der Waals surface area contributed by atoms with E-state index >= 15 is 0 Å². The van der Waals surface area contributed by atoms with Crippen LogP contribution in [0, 0.1) is 0 Å². The van der Waals surface area contributed by atoms with Crippen molar-refractivity contribution >= 4 is 28.6 Å². The zero-order valence-electron chi connectivity index (χ0n) is 39.4. The summed E-state index contributed by atoms with van der Waals surface area (Å²) >= 11 is 0. The summed E-state index contributed by atoms with van der Waals surface area (Å²) in [6.07, 6.45) is -9.49. The number of esters is 2. The lowest BCUT2D eigenvalue weighted by atomic mass is 9.94. The molecule has 3 heterocycles. The number of fused-ring (bicyclic) bond motifs is 3. The minimum absolute atomic E-state index is 0.0132. The van der Waals surface area contributed by atoms with Crippen molar-refractivity contribution in [2.24, 2.45) is 0 Å². The van der Waals surface area contributed by atoms with E-state index in [9.17, 15) is 14.4 Å². The summed E-state index contributed by atoms with van der Waals surface area (Å²) in [6, 6.07) is 58.7. The zero-order valence-corrected chi connectivity index (χ0v) is 39.4. The monoisotopic (exact) mass is 969 g/mol. The van der Waals surface area contributed by atoms with Gasteiger partial charge in [0.05, 0.1) is 50.6 Å². The molecule has 368 valence electrons. The van der Waals surface area contributed by atoms with E-state index in [0.29, 0.717) is 5.56 Å². The Balaban J connectivity index is 1.03. The highest BCUT2D eigenvalue weighted by Gasteiger charge is 2.58. The fraction of sp³-hybridized carbons (Fsp3) is 0.271. The van der Waals surface area contributed by atoms with Gasteiger partial charge in [-0.15, -0.1) is 0 Å². The third-order valence-corrected chi connectivity index (χ3v) is 12.9. The maximum absolute atomic E-state index is 14.4. The van der Waals surface area contributed by atoms with Crippen LogP contribution >= 0.6 is 0 Å². The molecule has 0 radical (unpaired) electrons. The number of nitrogens with one attached hydrogen (secondary N) is 1. The lowest BCUT2D eigenvalue weighted by Crippen LogP contribution is -2.68. The highest BCUT2D eigenvalue weighted by molar-refractivity contribution is 5.90. The van der Waals surface area contributed by atoms with E-state index in [1.165, 1.54) is 0 Å². The van der Waals surface area contributed by atoms with Crippen molar-refractivity contribution in [2.75, 3.05) is 13.2 Å². The van der Waals surface area contributed by atoms with Crippen LogP contribution in [0.15, 0.2) is 194 Å². The number of rotatable bonds is 19. The average Bonchev–Trinajstić information content (AvgIpc) is 3.87. The largest absolute Gasteiger partial charge is 0.453 e. The minimum Gasteiger partial charge on any atom is -0.453 e. The molecule has 1 N–H and O–H groups in total. The molecule has 3 aliphatic rings. The summed E-state index contributed by atoms with van der Waals surface area (Å²) in [6.45, 7) is 0.458. The Labute approximate surface area is 417 Å². The van der Waals surface area contributed by atoms with Crippen molar-refractivity contribution in [3.05, 3.63) is 228 Å². The summed E-state index contributed by atoms with van der Waals surface area (Å²) in [5.41, 5.74) is 4.01. The van der Waals surface area contributed by atoms with Crippen LogP contribution in [0.5, 0.6) is 0 Å². The molecule has 1 amide bonds. The van der Waals surface area contributed by atoms with Gasteiger partial charge in [0.25, 0.3) is 0 Å². The number of carbonyl (C=O) groups is 3. The highest BCUT2D eigenvalue weighted by atomic mass is 16.8. The molecule has 0 saturated carbocycles. The molecule has 3 saturated heterocycles. The molecule has 0 unspecified atom stereocenters. The molecule has 3 aliphatic heterocycles. The number of ether oxygens (including phenoxy) is 9. The molecular formula is C59H55NO12. The molecule has 10 rings (SSSR count). The molecule has 0 aromatic heterocycles. The first-order valence-corrected chi connectivity index (χ1v) is 24.2. The van der Waals surface area contributed by atoms with Crippen molar-refractivity contribution in [3.8, 4) is 0 Å². The number of amides is 1. The summed E-state index contributed by atoms with van der Waals surface area (Å²) in [4.78, 5) is 42.7. The van der Waals surface area contributed by atoms with Gasteiger partial charge in [-0.25, -0.2) is 9.59 Å². The van der Waals surface area contributed by atoms with E-state index in [-0.39, 0.29) is 45.0 Å². The highest BCUT2D eigenvalue weighted by Crippen LogP contribution is 2.38. The Kier molecular flexibility index (Phi) is 15.8. The molecule has 10 atom stereocenters. The van der Waals surface area contributed by atoms with Gasteiger partial charge in [-0.05, 0) is 63.4 Å². The molecule has 72 heavy (non-hydrogen) atoms. The lowest BCUT2D eigenvalue weighted by Gasteiger charge is -2.48. The van der Waals surface area contributed by atoms with Gasteiger partial charge < -0.3 is 47.9 Å². The van der Waals surface area contributed by atoms with Crippen molar-refractivity contribution in [3.63, 3.8) is 0 Å². The van der Waals surface area contributed by atoms with Gasteiger partial charge in [-0.1, -0.05) is 164 Å². The minimum atomic E-state index is -1.37. The van der Waals surface area contributed by atoms with Crippen molar-refractivity contribution in [1.29, 1.82) is 0 Å². The van der Waals surface area contributed by atoms with Gasteiger partial charge in [0.2, 0.25) is 5.91 Å². The molecule has 7 aromatic carbocycles. The molecule has 7 aromatic rings. The van der Waals surface area contributed by atoms with Crippen LogP contribution in [0.2, 0.25) is 0 Å². The number of hydrogen-bond donors (Lipinski definition) is 1. The molecule has 3 fully saturated rings. The Morgan fingerprint density at radius 2 is 1.04 bits per heavy atom. The summed E-state index contributed by atoms with van der Waals surface area (Å²) in [5.74, 6) is -1.66. The van der Waals surface area contributed by atoms with E-state index < -0.39 is 79.2 Å². The van der Waals surface area contributed by atoms with Crippen LogP contribution in [0.1, 0.15) is 43.0 Å². The van der Waals surface area contributed by atoms with Crippen LogP contribution in [0.4, 0.5) is 0 Å². The lowest BCUT2D eigenvalue weighted by molar-refractivity contribution is -0.326. The van der Waals surface area contributed by atoms with Crippen LogP contribution < -0.4 is 5.32 Å². The van der Waals surface area contributed by atoms with Crippen molar-refractivity contribution < 1.29 is 57.0 Å². The summed E-state index contributed by atoms with van der Waals surface area (Å²) in [7, 11) is 0. The fourth-order valence-electron chi connectivity index (χ4n) is 9.32. The topological polar surface area (TPSA) is 146 Å². The van der Waals surface area contributed by atoms with Gasteiger partial charge in [-0.3, -0.25) is 4.79 Å². The van der Waals surface area contributed by atoms with E-state index in [1.54, 1.807) is 48.5 Å². The maximum atomic E-state index is 14.4. The first kappa shape index (κ1) is 48.6. The third-order valence-electron chi connectivity index (χ3n) is 12.9. The van der Waals surface area contributed by atoms with Crippen LogP contribution in [0.25, 0.3) is 10.8 Å². The number of hydrogen-bond acceptors (Lipinski definition) is 12. The predicted molar refractivity (Wildman–Crippen MR) is 265 cm³/mol. The van der Waals surface area contributed by atoms with E-state index in [1.807, 2.05) is 146 Å². The van der Waals surface area contributed by atoms with Gasteiger partial charge in [0.1, 0.15) is 36.6 Å². The Bertz CT molecular complexity index is 2860. The molecule has 0 aliphatic carbocycles. The molecule has 2 bridgehead atoms. The third kappa shape index (κ3) is 12.0. The molecule has 13 nitrogen and oxygen atoms in total. The predicted octanol–water partition coefficient (Wildman–Crippen LogP) is 8.57. The first-order valence-electron chi connectivity index (χ1n) is 24.2. The molecular weight excluding hydrogens is 915 g/mol. The number of carbonyl (C=O) groups excluding carboxylic acids is 3. The van der Waals surface area contributed by atoms with Crippen LogP contribution in [0.3, 0.4) is 0 Å². The first-order chi connectivity index (χ1) is 35.4. The quantitative estimate of drug-likeness (QED) is 0.0775. The fourth-order valence-corrected chi connectivity index (χ4v) is 9.32. The molecule has 13 heteroatoms. The second-order valence-corrected chi connectivity index (χ2v) is 18.0. The maximum Gasteiger partial charge on any atom is 0.338 e. The Morgan fingerprint density at radius 3 is 1.69 bits per heavy atom. The van der Waals surface area contributed by atoms with E-state index in [0.717, 1.165) is 33.0 Å². The SMILES string of the molecule is O=C(Cc1ccccc1)N[C@H]1[C@@H](O[C@@H]2[C@@H](OCc3ccccc3)[C@@H](OC(=O)c3ccccc3)[C@@H]3OC[C@@H]2O3)O[C@H](COCc2ccccc2)[C@@H](OCc2ccc3ccccc3c2)[C@@H]1OC(=O)c1ccccc1. The van der Waals surface area contributed by atoms with Gasteiger partial charge in [0.15, 0.2) is 24.8 Å². The van der Waals surface area contributed by atoms with Crippen molar-refractivity contribution in [1.82, 2.24) is 5.32 Å². The summed E-state index contributed by atoms with van der Waals surface area (Å²) < 4.78 is 59.7. The standard InChI is InChI=1S/C59H55NO12/c61-49(33-39-18-6-1-7-19-39)60-50-53(70-56(62)44-25-12-4-13-26-44)51(65-36-42-30-31-43-24-16-17-29-46(43)32-42)47(37-64-34-40-20-8-2-9-21-40)68-58(50)72-52-48-38-67-59(69-48)55(71-57(63)45-27-14-5-15-28-45)54(52)66-35-41-22-10-3-11-23-41/h1-32,47-48,50-55,58-59H,33-38H2,(H,60,61)/t47-,48+,50-,51-,52+,53-,54-,55-,58-,59-/m1/s1. The van der Waals surface area contributed by atoms with Crippen molar-refractivity contribution in [2.45, 2.75) is 87.6 Å². The van der Waals surface area contributed by atoms with Gasteiger partial charge >= 0.3 is 11.9 Å². The second-order valence-electron chi connectivity index (χ2n) is 18.0. The summed E-state index contributed by atoms with van der Waals surface area (Å²) in [5, 5.41) is 5.26. The van der Waals surface area contributed by atoms with E-state index in [2.05, 4.69) is 5.32 Å². The smallest absolute Gasteiger partial charge is 0.338 e. The Hall–Kier alpha value is -7.07. The van der Waals surface area contributed by atoms with Gasteiger partial charge in [0, 0.05) is 0 Å². The zero-order chi connectivity index (χ0) is 49.1. The normalized spacial score (nSPS) is 24.6. The molecule has 0 spiro atoms. The second kappa shape index (κ2) is 23.4. The van der Waals surface area contributed by atoms with Crippen LogP contribution in [-0.4, -0.2) is 92.4 Å².